The fourth-order valence-corrected chi connectivity index (χ4v) is 14.2. The van der Waals surface area contributed by atoms with E-state index in [1.54, 1.807) is 0 Å². The minimum absolute atomic E-state index is 0.915. The van der Waals surface area contributed by atoms with Gasteiger partial charge in [-0.3, -0.25) is 4.57 Å². The van der Waals surface area contributed by atoms with Crippen molar-refractivity contribution in [1.29, 1.82) is 0 Å². The molecular weight excluding hydrogens is 689 g/mol. The molecule has 10 rings (SSSR count). The standard InChI is InChI=1S/C50H36N2SSi/c1-4-15-36(16-5-1)38-19-12-24-44(31-38)54(43-22-8-3-9-23-43,45-25-13-20-39(32-45)37-17-6-2-7-18-37)46-26-14-21-40(33-46)41-29-30-42-35-53-50-51-47-27-10-11-28-48(47)52(50)49(42)34-41/h1-34H,35H2. The van der Waals surface area contributed by atoms with Crippen LogP contribution in [0.1, 0.15) is 5.56 Å². The Hall–Kier alpha value is -6.20. The number of thioether (sulfide) groups is 1. The summed E-state index contributed by atoms with van der Waals surface area (Å²) in [6.07, 6.45) is 0. The van der Waals surface area contributed by atoms with Crippen molar-refractivity contribution in [3.63, 3.8) is 0 Å². The van der Waals surface area contributed by atoms with Gasteiger partial charge in [-0.05, 0) is 77.9 Å². The zero-order chi connectivity index (χ0) is 35.9. The van der Waals surface area contributed by atoms with E-state index < -0.39 is 8.07 Å². The molecule has 0 spiro atoms. The van der Waals surface area contributed by atoms with E-state index in [4.69, 9.17) is 4.98 Å². The van der Waals surface area contributed by atoms with E-state index in [0.29, 0.717) is 0 Å². The van der Waals surface area contributed by atoms with Gasteiger partial charge in [0.25, 0.3) is 0 Å². The molecule has 2 heterocycles. The molecule has 9 aromatic rings. The Morgan fingerprint density at radius 2 is 0.870 bits per heavy atom. The van der Waals surface area contributed by atoms with E-state index in [-0.39, 0.29) is 0 Å². The number of para-hydroxylation sites is 2. The lowest BCUT2D eigenvalue weighted by atomic mass is 10.0. The van der Waals surface area contributed by atoms with Crippen molar-refractivity contribution in [3.05, 3.63) is 212 Å². The highest BCUT2D eigenvalue weighted by atomic mass is 32.2. The highest BCUT2D eigenvalue weighted by Crippen LogP contribution is 2.39. The molecule has 0 fully saturated rings. The third-order valence-corrected chi connectivity index (χ3v) is 16.6. The fraction of sp³-hybridized carbons (Fsp3) is 0.0200. The first-order chi connectivity index (χ1) is 26.8. The van der Waals surface area contributed by atoms with Crippen LogP contribution in [0.3, 0.4) is 0 Å². The molecule has 0 saturated carbocycles. The number of rotatable bonds is 7. The average molecular weight is 725 g/mol. The van der Waals surface area contributed by atoms with Gasteiger partial charge in [-0.1, -0.05) is 200 Å². The Morgan fingerprint density at radius 1 is 0.407 bits per heavy atom. The number of hydrogen-bond donors (Lipinski definition) is 0. The van der Waals surface area contributed by atoms with Gasteiger partial charge < -0.3 is 0 Å². The van der Waals surface area contributed by atoms with Crippen LogP contribution in [0.15, 0.2) is 211 Å². The van der Waals surface area contributed by atoms with Crippen LogP contribution in [0.25, 0.3) is 50.1 Å². The van der Waals surface area contributed by atoms with Crippen molar-refractivity contribution in [2.75, 3.05) is 0 Å². The number of imidazole rings is 1. The van der Waals surface area contributed by atoms with E-state index >= 15 is 0 Å². The SMILES string of the molecule is c1ccc(-c2cccc([Si](c3ccccc3)(c3cccc(-c4ccccc4)c3)c3cccc(-c4ccc5c(c4)-n4c(nc6ccccc64)SC5)c3)c2)cc1. The summed E-state index contributed by atoms with van der Waals surface area (Å²) in [4.78, 5) is 4.99. The van der Waals surface area contributed by atoms with E-state index in [1.165, 1.54) is 65.4 Å². The van der Waals surface area contributed by atoms with E-state index in [9.17, 15) is 0 Å². The van der Waals surface area contributed by atoms with Gasteiger partial charge in [0.1, 0.15) is 0 Å². The molecule has 0 saturated heterocycles. The number of aromatic nitrogens is 2. The largest absolute Gasteiger partial charge is 0.287 e. The Morgan fingerprint density at radius 3 is 1.46 bits per heavy atom. The molecule has 2 nitrogen and oxygen atoms in total. The third-order valence-electron chi connectivity index (χ3n) is 10.9. The Balaban J connectivity index is 1.22. The minimum atomic E-state index is -2.92. The molecule has 0 radical (unpaired) electrons. The lowest BCUT2D eigenvalue weighted by Gasteiger charge is -2.35. The van der Waals surface area contributed by atoms with Crippen LogP contribution in [0.4, 0.5) is 0 Å². The van der Waals surface area contributed by atoms with Gasteiger partial charge in [-0.25, -0.2) is 4.98 Å². The Labute approximate surface area is 321 Å². The Bertz CT molecular complexity index is 2690. The second-order valence-electron chi connectivity index (χ2n) is 13.9. The number of fused-ring (bicyclic) bond motifs is 5. The van der Waals surface area contributed by atoms with Gasteiger partial charge in [0, 0.05) is 5.75 Å². The highest BCUT2D eigenvalue weighted by molar-refractivity contribution is 7.98. The van der Waals surface area contributed by atoms with Crippen LogP contribution in [0.2, 0.25) is 0 Å². The van der Waals surface area contributed by atoms with Gasteiger partial charge in [0.05, 0.1) is 16.7 Å². The molecule has 8 aromatic carbocycles. The van der Waals surface area contributed by atoms with Crippen LogP contribution >= 0.6 is 11.8 Å². The quantitative estimate of drug-likeness (QED) is 0.120. The molecule has 0 unspecified atom stereocenters. The maximum Gasteiger partial charge on any atom is 0.179 e. The second kappa shape index (κ2) is 13.6. The smallest absolute Gasteiger partial charge is 0.179 e. The topological polar surface area (TPSA) is 17.8 Å². The van der Waals surface area contributed by atoms with Gasteiger partial charge in [-0.15, -0.1) is 0 Å². The molecule has 0 atom stereocenters. The summed E-state index contributed by atoms with van der Waals surface area (Å²) in [6.45, 7) is 0. The summed E-state index contributed by atoms with van der Waals surface area (Å²) >= 11 is 1.81. The van der Waals surface area contributed by atoms with Gasteiger partial charge >= 0.3 is 0 Å². The highest BCUT2D eigenvalue weighted by Gasteiger charge is 2.42. The van der Waals surface area contributed by atoms with E-state index in [0.717, 1.165) is 21.9 Å². The first kappa shape index (κ1) is 32.4. The van der Waals surface area contributed by atoms with Crippen molar-refractivity contribution in [3.8, 4) is 39.1 Å². The first-order valence-corrected chi connectivity index (χ1v) is 21.5. The Kier molecular flexibility index (Phi) is 8.20. The van der Waals surface area contributed by atoms with Gasteiger partial charge in [0.15, 0.2) is 13.2 Å². The molecule has 0 bridgehead atoms. The zero-order valence-electron chi connectivity index (χ0n) is 29.6. The average Bonchev–Trinajstić information content (AvgIpc) is 3.65. The number of nitrogens with zero attached hydrogens (tertiary/aromatic N) is 2. The zero-order valence-corrected chi connectivity index (χ0v) is 31.5. The van der Waals surface area contributed by atoms with Gasteiger partial charge in [0.2, 0.25) is 0 Å². The summed E-state index contributed by atoms with van der Waals surface area (Å²) in [5.74, 6) is 0.915. The molecule has 0 N–H and O–H groups in total. The number of benzene rings is 8. The van der Waals surface area contributed by atoms with Crippen molar-refractivity contribution < 1.29 is 0 Å². The minimum Gasteiger partial charge on any atom is -0.287 e. The summed E-state index contributed by atoms with van der Waals surface area (Å²) in [7, 11) is -2.92. The fourth-order valence-electron chi connectivity index (χ4n) is 8.29. The van der Waals surface area contributed by atoms with Crippen LogP contribution in [-0.4, -0.2) is 17.6 Å². The van der Waals surface area contributed by atoms with E-state index in [2.05, 4.69) is 211 Å². The second-order valence-corrected chi connectivity index (χ2v) is 18.7. The maximum absolute atomic E-state index is 4.99. The molecule has 0 amide bonds. The van der Waals surface area contributed by atoms with Crippen LogP contribution in [-0.2, 0) is 5.75 Å². The lowest BCUT2D eigenvalue weighted by molar-refractivity contribution is 0.895. The first-order valence-electron chi connectivity index (χ1n) is 18.5. The lowest BCUT2D eigenvalue weighted by Crippen LogP contribution is -2.74. The molecule has 1 aliphatic heterocycles. The van der Waals surface area contributed by atoms with Crippen LogP contribution in [0.5, 0.6) is 0 Å². The number of hydrogen-bond acceptors (Lipinski definition) is 2. The monoisotopic (exact) mass is 724 g/mol. The van der Waals surface area contributed by atoms with Crippen molar-refractivity contribution in [2.45, 2.75) is 10.9 Å². The summed E-state index contributed by atoms with van der Waals surface area (Å²) in [5, 5.41) is 6.48. The molecule has 256 valence electrons. The predicted molar refractivity (Wildman–Crippen MR) is 231 cm³/mol. The normalized spacial score (nSPS) is 12.3. The molecular formula is C50H36N2SSi. The predicted octanol–water partition coefficient (Wildman–Crippen LogP) is 10.0. The summed E-state index contributed by atoms with van der Waals surface area (Å²) < 4.78 is 2.35. The summed E-state index contributed by atoms with van der Waals surface area (Å²) in [6, 6.07) is 76.3. The van der Waals surface area contributed by atoms with E-state index in [1.807, 2.05) is 11.8 Å². The molecule has 4 heteroatoms. The van der Waals surface area contributed by atoms with Crippen LogP contribution < -0.4 is 20.7 Å². The van der Waals surface area contributed by atoms with Crippen molar-refractivity contribution in [1.82, 2.24) is 9.55 Å². The van der Waals surface area contributed by atoms with Gasteiger partial charge in [-0.2, -0.15) is 0 Å². The molecule has 0 aliphatic carbocycles. The van der Waals surface area contributed by atoms with Crippen molar-refractivity contribution >= 4 is 51.6 Å². The molecule has 1 aromatic heterocycles. The molecule has 1 aliphatic rings. The van der Waals surface area contributed by atoms with Crippen LogP contribution in [0, 0.1) is 0 Å². The van der Waals surface area contributed by atoms with Crippen molar-refractivity contribution in [2.24, 2.45) is 0 Å². The molecule has 54 heavy (non-hydrogen) atoms. The third kappa shape index (κ3) is 5.54. The maximum atomic E-state index is 4.99. The summed E-state index contributed by atoms with van der Waals surface area (Å²) in [5.41, 5.74) is 12.1.